The zero-order valence-corrected chi connectivity index (χ0v) is 14.0. The first-order valence-corrected chi connectivity index (χ1v) is 9.11. The van der Waals surface area contributed by atoms with E-state index in [1.165, 1.54) is 0 Å². The van der Waals surface area contributed by atoms with Crippen molar-refractivity contribution in [2.24, 2.45) is 0 Å². The average Bonchev–Trinajstić information content (AvgIpc) is 2.64. The molecule has 1 aromatic rings. The van der Waals surface area contributed by atoms with Crippen molar-refractivity contribution in [2.75, 3.05) is 6.54 Å². The minimum absolute atomic E-state index is 0.0205. The number of benzene rings is 1. The van der Waals surface area contributed by atoms with Gasteiger partial charge in [-0.05, 0) is 53.4 Å². The van der Waals surface area contributed by atoms with Gasteiger partial charge in [-0.3, -0.25) is 0 Å². The molecule has 0 bridgehead atoms. The van der Waals surface area contributed by atoms with E-state index >= 15 is 0 Å². The normalized spacial score (nSPS) is 21.6. The van der Waals surface area contributed by atoms with Gasteiger partial charge < -0.3 is 5.11 Å². The van der Waals surface area contributed by atoms with Crippen molar-refractivity contribution in [3.8, 4) is 0 Å². The molecule has 0 aromatic heterocycles. The highest BCUT2D eigenvalue weighted by Crippen LogP contribution is 2.30. The Balaban J connectivity index is 2.43. The first kappa shape index (κ1) is 15.9. The summed E-state index contributed by atoms with van der Waals surface area (Å²) < 4.78 is 27.9. The third-order valence-corrected chi connectivity index (χ3v) is 6.76. The largest absolute Gasteiger partial charge is 0.392 e. The second-order valence-corrected chi connectivity index (χ2v) is 7.95. The van der Waals surface area contributed by atoms with E-state index in [2.05, 4.69) is 15.9 Å². The molecule has 2 rings (SSSR count). The Morgan fingerprint density at radius 2 is 2.10 bits per heavy atom. The smallest absolute Gasteiger partial charge is 0.244 e. The van der Waals surface area contributed by atoms with Crippen LogP contribution in [0.15, 0.2) is 27.6 Å². The van der Waals surface area contributed by atoms with E-state index in [0.29, 0.717) is 16.6 Å². The maximum Gasteiger partial charge on any atom is 0.244 e. The zero-order valence-electron chi connectivity index (χ0n) is 11.5. The Kier molecular flexibility index (Phi) is 5.23. The zero-order chi connectivity index (χ0) is 14.8. The van der Waals surface area contributed by atoms with Gasteiger partial charge >= 0.3 is 0 Å². The quantitative estimate of drug-likeness (QED) is 0.900. The number of hydrogen-bond acceptors (Lipinski definition) is 3. The van der Waals surface area contributed by atoms with Gasteiger partial charge in [0, 0.05) is 17.1 Å². The van der Waals surface area contributed by atoms with Gasteiger partial charge in [-0.1, -0.05) is 18.9 Å². The molecular formula is C14H20BrNO3S. The van der Waals surface area contributed by atoms with Gasteiger partial charge in [-0.15, -0.1) is 0 Å². The van der Waals surface area contributed by atoms with Crippen molar-refractivity contribution in [3.05, 3.63) is 28.2 Å². The minimum atomic E-state index is -3.52. The number of rotatable bonds is 3. The summed E-state index contributed by atoms with van der Waals surface area (Å²) in [4.78, 5) is 0.248. The Hall–Kier alpha value is -0.430. The van der Waals surface area contributed by atoms with Crippen LogP contribution in [0.2, 0.25) is 0 Å². The summed E-state index contributed by atoms with van der Waals surface area (Å²) in [6.07, 6.45) is 3.96. The average molecular weight is 362 g/mol. The summed E-state index contributed by atoms with van der Waals surface area (Å²) in [7, 11) is -3.52. The molecule has 0 radical (unpaired) electrons. The molecule has 1 unspecified atom stereocenters. The Morgan fingerprint density at radius 3 is 2.80 bits per heavy atom. The molecular weight excluding hydrogens is 342 g/mol. The molecule has 0 spiro atoms. The number of nitrogens with zero attached hydrogens (tertiary/aromatic N) is 1. The first-order chi connectivity index (χ1) is 9.46. The summed E-state index contributed by atoms with van der Waals surface area (Å²) in [5, 5.41) is 9.20. The van der Waals surface area contributed by atoms with Crippen LogP contribution in [0.25, 0.3) is 0 Å². The van der Waals surface area contributed by atoms with Crippen LogP contribution >= 0.6 is 15.9 Å². The van der Waals surface area contributed by atoms with Crippen molar-refractivity contribution in [1.82, 2.24) is 4.31 Å². The number of halogens is 1. The molecule has 1 saturated heterocycles. The van der Waals surface area contributed by atoms with Gasteiger partial charge in [0.1, 0.15) is 0 Å². The van der Waals surface area contributed by atoms with E-state index in [0.717, 1.165) is 25.7 Å². The molecule has 6 heteroatoms. The van der Waals surface area contributed by atoms with Crippen molar-refractivity contribution < 1.29 is 13.5 Å². The number of hydrogen-bond donors (Lipinski definition) is 1. The third kappa shape index (κ3) is 3.24. The van der Waals surface area contributed by atoms with E-state index in [1.807, 2.05) is 6.92 Å². The van der Waals surface area contributed by atoms with Crippen LogP contribution in [0.4, 0.5) is 0 Å². The standard InChI is InChI=1S/C14H20BrNO3S/c1-11-5-3-2-4-8-16(11)20(18,19)14-9-12(10-17)6-7-13(14)15/h6-7,9,11,17H,2-5,8,10H2,1H3. The predicted octanol–water partition coefficient (Wildman–Crippen LogP) is 2.89. The van der Waals surface area contributed by atoms with Crippen molar-refractivity contribution in [1.29, 1.82) is 0 Å². The molecule has 1 atom stereocenters. The molecule has 4 nitrogen and oxygen atoms in total. The molecule has 0 saturated carbocycles. The van der Waals surface area contributed by atoms with E-state index in [1.54, 1.807) is 22.5 Å². The lowest BCUT2D eigenvalue weighted by atomic mass is 10.1. The molecule has 1 N–H and O–H groups in total. The number of aliphatic hydroxyl groups is 1. The van der Waals surface area contributed by atoms with Gasteiger partial charge in [0.05, 0.1) is 11.5 Å². The van der Waals surface area contributed by atoms with Crippen molar-refractivity contribution in [3.63, 3.8) is 0 Å². The molecule has 0 amide bonds. The van der Waals surface area contributed by atoms with E-state index in [4.69, 9.17) is 0 Å². The van der Waals surface area contributed by atoms with Crippen LogP contribution in [0.1, 0.15) is 38.2 Å². The van der Waals surface area contributed by atoms with Crippen LogP contribution in [-0.4, -0.2) is 30.4 Å². The maximum absolute atomic E-state index is 12.9. The van der Waals surface area contributed by atoms with Crippen molar-refractivity contribution >= 4 is 26.0 Å². The van der Waals surface area contributed by atoms with Gasteiger partial charge in [0.25, 0.3) is 0 Å². The highest BCUT2D eigenvalue weighted by molar-refractivity contribution is 9.10. The van der Waals surface area contributed by atoms with Crippen molar-refractivity contribution in [2.45, 2.75) is 50.2 Å². The second kappa shape index (κ2) is 6.56. The molecule has 1 fully saturated rings. The highest BCUT2D eigenvalue weighted by atomic mass is 79.9. The number of aliphatic hydroxyl groups excluding tert-OH is 1. The monoisotopic (exact) mass is 361 g/mol. The van der Waals surface area contributed by atoms with E-state index < -0.39 is 10.0 Å². The van der Waals surface area contributed by atoms with Crippen LogP contribution in [0.5, 0.6) is 0 Å². The molecule has 20 heavy (non-hydrogen) atoms. The Bertz CT molecular complexity index is 574. The lowest BCUT2D eigenvalue weighted by Crippen LogP contribution is -2.38. The molecule has 1 aliphatic heterocycles. The van der Waals surface area contributed by atoms with Crippen LogP contribution in [0, 0.1) is 0 Å². The third-order valence-electron chi connectivity index (χ3n) is 3.76. The predicted molar refractivity (Wildman–Crippen MR) is 81.9 cm³/mol. The van der Waals surface area contributed by atoms with Gasteiger partial charge in [0.2, 0.25) is 10.0 Å². The molecule has 1 aliphatic rings. The highest BCUT2D eigenvalue weighted by Gasteiger charge is 2.31. The summed E-state index contributed by atoms with van der Waals surface area (Å²) in [6.45, 7) is 2.37. The topological polar surface area (TPSA) is 57.6 Å². The number of sulfonamides is 1. The van der Waals surface area contributed by atoms with Gasteiger partial charge in [-0.2, -0.15) is 4.31 Å². The summed E-state index contributed by atoms with van der Waals surface area (Å²) in [5.41, 5.74) is 0.606. The lowest BCUT2D eigenvalue weighted by molar-refractivity contribution is 0.281. The molecule has 0 aliphatic carbocycles. The van der Waals surface area contributed by atoms with Crippen LogP contribution in [-0.2, 0) is 16.6 Å². The fraction of sp³-hybridized carbons (Fsp3) is 0.571. The summed E-state index contributed by atoms with van der Waals surface area (Å²) >= 11 is 3.31. The molecule has 112 valence electrons. The fourth-order valence-electron chi connectivity index (χ4n) is 2.58. The van der Waals surface area contributed by atoms with Crippen LogP contribution < -0.4 is 0 Å². The summed E-state index contributed by atoms with van der Waals surface area (Å²) in [6, 6.07) is 4.97. The Morgan fingerprint density at radius 1 is 1.35 bits per heavy atom. The lowest BCUT2D eigenvalue weighted by Gasteiger charge is -2.26. The summed E-state index contributed by atoms with van der Waals surface area (Å²) in [5.74, 6) is 0. The van der Waals surface area contributed by atoms with Crippen LogP contribution in [0.3, 0.4) is 0 Å². The molecule has 1 heterocycles. The Labute approximate surface area is 129 Å². The SMILES string of the molecule is CC1CCCCCN1S(=O)(=O)c1cc(CO)ccc1Br. The first-order valence-electron chi connectivity index (χ1n) is 6.88. The van der Waals surface area contributed by atoms with E-state index in [9.17, 15) is 13.5 Å². The van der Waals surface area contributed by atoms with E-state index in [-0.39, 0.29) is 17.5 Å². The second-order valence-electron chi connectivity index (χ2n) is 5.24. The van der Waals surface area contributed by atoms with Gasteiger partial charge in [-0.25, -0.2) is 8.42 Å². The fourth-order valence-corrected chi connectivity index (χ4v) is 5.25. The van der Waals surface area contributed by atoms with Gasteiger partial charge in [0.15, 0.2) is 0 Å². The maximum atomic E-state index is 12.9. The molecule has 1 aromatic carbocycles. The minimum Gasteiger partial charge on any atom is -0.392 e.